The number of hydrogen-bond donors (Lipinski definition) is 1. The van der Waals surface area contributed by atoms with E-state index in [1.807, 2.05) is 11.0 Å². The summed E-state index contributed by atoms with van der Waals surface area (Å²) in [6.45, 7) is 4.25. The Balaban J connectivity index is 1.72. The average Bonchev–Trinajstić information content (AvgIpc) is 2.39. The maximum Gasteiger partial charge on any atom is 0.236 e. The van der Waals surface area contributed by atoms with E-state index in [2.05, 4.69) is 17.3 Å². The first-order valence-corrected chi connectivity index (χ1v) is 6.56. The Morgan fingerprint density at radius 1 is 1.32 bits per heavy atom. The van der Waals surface area contributed by atoms with Crippen molar-refractivity contribution in [1.82, 2.24) is 15.1 Å². The Kier molecular flexibility index (Phi) is 4.87. The van der Waals surface area contributed by atoms with Gasteiger partial charge in [-0.15, -0.1) is 0 Å². The SMILES string of the molecule is CN1CCN(C(=O)CNCc2cccc(F)c2)CC1. The maximum atomic E-state index is 13.0. The first kappa shape index (κ1) is 14.0. The fourth-order valence-electron chi connectivity index (χ4n) is 2.13. The van der Waals surface area contributed by atoms with Gasteiger partial charge in [0, 0.05) is 32.7 Å². The van der Waals surface area contributed by atoms with E-state index in [1.165, 1.54) is 12.1 Å². The molecule has 2 rings (SSSR count). The van der Waals surface area contributed by atoms with Gasteiger partial charge in [0.05, 0.1) is 6.54 Å². The second-order valence-electron chi connectivity index (χ2n) is 4.92. The third-order valence-electron chi connectivity index (χ3n) is 3.35. The zero-order chi connectivity index (χ0) is 13.7. The number of carbonyl (C=O) groups is 1. The lowest BCUT2D eigenvalue weighted by molar-refractivity contribution is -0.131. The minimum atomic E-state index is -0.246. The molecule has 19 heavy (non-hydrogen) atoms. The Hall–Kier alpha value is -1.46. The van der Waals surface area contributed by atoms with Crippen LogP contribution in [0.1, 0.15) is 5.56 Å². The molecule has 4 nitrogen and oxygen atoms in total. The number of nitrogens with zero attached hydrogens (tertiary/aromatic N) is 2. The number of nitrogens with one attached hydrogen (secondary N) is 1. The highest BCUT2D eigenvalue weighted by Gasteiger charge is 2.18. The van der Waals surface area contributed by atoms with Crippen molar-refractivity contribution in [3.05, 3.63) is 35.6 Å². The van der Waals surface area contributed by atoms with Crippen molar-refractivity contribution in [1.29, 1.82) is 0 Å². The van der Waals surface area contributed by atoms with Crippen molar-refractivity contribution in [2.24, 2.45) is 0 Å². The minimum absolute atomic E-state index is 0.115. The van der Waals surface area contributed by atoms with E-state index in [0.29, 0.717) is 13.1 Å². The van der Waals surface area contributed by atoms with Crippen LogP contribution >= 0.6 is 0 Å². The highest BCUT2D eigenvalue weighted by atomic mass is 19.1. The van der Waals surface area contributed by atoms with Gasteiger partial charge in [-0.1, -0.05) is 12.1 Å². The molecule has 0 spiro atoms. The van der Waals surface area contributed by atoms with Crippen LogP contribution in [-0.4, -0.2) is 55.5 Å². The van der Waals surface area contributed by atoms with E-state index in [9.17, 15) is 9.18 Å². The number of rotatable bonds is 4. The average molecular weight is 265 g/mol. The normalized spacial score (nSPS) is 16.6. The topological polar surface area (TPSA) is 35.6 Å². The lowest BCUT2D eigenvalue weighted by atomic mass is 10.2. The second kappa shape index (κ2) is 6.63. The Labute approximate surface area is 113 Å². The molecule has 1 fully saturated rings. The van der Waals surface area contributed by atoms with E-state index in [-0.39, 0.29) is 11.7 Å². The summed E-state index contributed by atoms with van der Waals surface area (Å²) >= 11 is 0. The summed E-state index contributed by atoms with van der Waals surface area (Å²) in [6.07, 6.45) is 0. The molecule has 1 aliphatic heterocycles. The van der Waals surface area contributed by atoms with Gasteiger partial charge < -0.3 is 15.1 Å². The summed E-state index contributed by atoms with van der Waals surface area (Å²) in [5.41, 5.74) is 0.853. The van der Waals surface area contributed by atoms with Crippen LogP contribution < -0.4 is 5.32 Å². The predicted octanol–water partition coefficient (Wildman–Crippen LogP) is 0.689. The molecule has 0 aliphatic carbocycles. The Morgan fingerprint density at radius 3 is 2.74 bits per heavy atom. The summed E-state index contributed by atoms with van der Waals surface area (Å²) in [5.74, 6) is -0.130. The van der Waals surface area contributed by atoms with Gasteiger partial charge in [-0.05, 0) is 24.7 Å². The van der Waals surface area contributed by atoms with E-state index in [4.69, 9.17) is 0 Å². The van der Waals surface area contributed by atoms with Crippen LogP contribution in [0.2, 0.25) is 0 Å². The smallest absolute Gasteiger partial charge is 0.236 e. The van der Waals surface area contributed by atoms with Crippen molar-refractivity contribution in [3.8, 4) is 0 Å². The van der Waals surface area contributed by atoms with Crippen LogP contribution in [-0.2, 0) is 11.3 Å². The fraction of sp³-hybridized carbons (Fsp3) is 0.500. The predicted molar refractivity (Wildman–Crippen MR) is 72.2 cm³/mol. The fourth-order valence-corrected chi connectivity index (χ4v) is 2.13. The molecule has 5 heteroatoms. The van der Waals surface area contributed by atoms with Crippen molar-refractivity contribution < 1.29 is 9.18 Å². The largest absolute Gasteiger partial charge is 0.339 e. The van der Waals surface area contributed by atoms with E-state index < -0.39 is 0 Å². The molecule has 1 saturated heterocycles. The van der Waals surface area contributed by atoms with Crippen molar-refractivity contribution in [3.63, 3.8) is 0 Å². The molecular weight excluding hydrogens is 245 g/mol. The molecule has 0 radical (unpaired) electrons. The molecule has 1 amide bonds. The number of amides is 1. The van der Waals surface area contributed by atoms with Gasteiger partial charge in [-0.2, -0.15) is 0 Å². The standard InChI is InChI=1S/C14H20FN3O/c1-17-5-7-18(8-6-17)14(19)11-16-10-12-3-2-4-13(15)9-12/h2-4,9,16H,5-8,10-11H2,1H3. The number of piperazine rings is 1. The maximum absolute atomic E-state index is 13.0. The van der Waals surface area contributed by atoms with Gasteiger partial charge in [0.25, 0.3) is 0 Å². The number of carbonyl (C=O) groups excluding carboxylic acids is 1. The van der Waals surface area contributed by atoms with Gasteiger partial charge in [0.15, 0.2) is 0 Å². The van der Waals surface area contributed by atoms with E-state index >= 15 is 0 Å². The monoisotopic (exact) mass is 265 g/mol. The first-order chi connectivity index (χ1) is 9.15. The van der Waals surface area contributed by atoms with Crippen LogP contribution in [0.15, 0.2) is 24.3 Å². The molecule has 0 bridgehead atoms. The van der Waals surface area contributed by atoms with E-state index in [1.54, 1.807) is 6.07 Å². The van der Waals surface area contributed by atoms with Gasteiger partial charge in [0.1, 0.15) is 5.82 Å². The number of likely N-dealkylation sites (N-methyl/N-ethyl adjacent to an activating group) is 1. The zero-order valence-electron chi connectivity index (χ0n) is 11.2. The highest BCUT2D eigenvalue weighted by Crippen LogP contribution is 2.03. The quantitative estimate of drug-likeness (QED) is 0.870. The summed E-state index contributed by atoms with van der Waals surface area (Å²) in [5, 5.41) is 3.07. The molecule has 1 heterocycles. The Morgan fingerprint density at radius 2 is 2.05 bits per heavy atom. The molecule has 1 N–H and O–H groups in total. The summed E-state index contributed by atoms with van der Waals surface area (Å²) in [6, 6.07) is 6.41. The van der Waals surface area contributed by atoms with Crippen molar-refractivity contribution in [2.75, 3.05) is 39.8 Å². The van der Waals surface area contributed by atoms with E-state index in [0.717, 1.165) is 31.7 Å². The molecule has 0 unspecified atom stereocenters. The van der Waals surface area contributed by atoms with Gasteiger partial charge >= 0.3 is 0 Å². The summed E-state index contributed by atoms with van der Waals surface area (Å²) < 4.78 is 13.0. The van der Waals surface area contributed by atoms with Crippen LogP contribution in [0.3, 0.4) is 0 Å². The van der Waals surface area contributed by atoms with Crippen molar-refractivity contribution >= 4 is 5.91 Å². The highest BCUT2D eigenvalue weighted by molar-refractivity contribution is 5.78. The zero-order valence-corrected chi connectivity index (χ0v) is 11.2. The van der Waals surface area contributed by atoms with Crippen LogP contribution in [0.4, 0.5) is 4.39 Å². The summed E-state index contributed by atoms with van der Waals surface area (Å²) in [4.78, 5) is 16.0. The number of benzene rings is 1. The van der Waals surface area contributed by atoms with Crippen LogP contribution in [0.5, 0.6) is 0 Å². The van der Waals surface area contributed by atoms with Gasteiger partial charge in [0.2, 0.25) is 5.91 Å². The molecule has 1 aromatic carbocycles. The van der Waals surface area contributed by atoms with Crippen LogP contribution in [0, 0.1) is 5.82 Å². The lowest BCUT2D eigenvalue weighted by Gasteiger charge is -2.32. The molecule has 1 aromatic rings. The molecule has 1 aliphatic rings. The first-order valence-electron chi connectivity index (χ1n) is 6.56. The number of halogens is 1. The lowest BCUT2D eigenvalue weighted by Crippen LogP contribution is -2.49. The van der Waals surface area contributed by atoms with Gasteiger partial charge in [-0.3, -0.25) is 4.79 Å². The molecule has 0 aromatic heterocycles. The number of hydrogen-bond acceptors (Lipinski definition) is 3. The second-order valence-corrected chi connectivity index (χ2v) is 4.92. The Bertz CT molecular complexity index is 430. The third-order valence-corrected chi connectivity index (χ3v) is 3.35. The van der Waals surface area contributed by atoms with Crippen molar-refractivity contribution in [2.45, 2.75) is 6.54 Å². The molecule has 0 atom stereocenters. The molecule has 104 valence electrons. The summed E-state index contributed by atoms with van der Waals surface area (Å²) in [7, 11) is 2.06. The third kappa shape index (κ3) is 4.29. The van der Waals surface area contributed by atoms with Gasteiger partial charge in [-0.25, -0.2) is 4.39 Å². The molecular formula is C14H20FN3O. The van der Waals surface area contributed by atoms with Crippen LogP contribution in [0.25, 0.3) is 0 Å². The molecule has 0 saturated carbocycles. The minimum Gasteiger partial charge on any atom is -0.339 e.